The molecule has 0 fully saturated rings. The van der Waals surface area contributed by atoms with Gasteiger partial charge in [-0.25, -0.2) is 13.2 Å². The molecule has 150 valence electrons. The van der Waals surface area contributed by atoms with Crippen LogP contribution in [0.4, 0.5) is 13.2 Å². The van der Waals surface area contributed by atoms with E-state index in [0.717, 1.165) is 6.07 Å². The van der Waals surface area contributed by atoms with Gasteiger partial charge in [-0.2, -0.15) is 0 Å². The molecule has 1 aromatic rings. The molecule has 0 saturated carbocycles. The van der Waals surface area contributed by atoms with Crippen LogP contribution in [0, 0.1) is 5.82 Å². The van der Waals surface area contributed by atoms with Gasteiger partial charge in [-0.05, 0) is 18.2 Å². The van der Waals surface area contributed by atoms with E-state index in [1.54, 1.807) is 0 Å². The Morgan fingerprint density at radius 2 is 1.93 bits per heavy atom. The van der Waals surface area contributed by atoms with Crippen molar-refractivity contribution in [3.05, 3.63) is 77.8 Å². The van der Waals surface area contributed by atoms with Gasteiger partial charge in [0.25, 0.3) is 11.8 Å². The predicted octanol–water partition coefficient (Wildman–Crippen LogP) is 3.89. The summed E-state index contributed by atoms with van der Waals surface area (Å²) in [5, 5.41) is 4.61. The van der Waals surface area contributed by atoms with Crippen molar-refractivity contribution in [2.24, 2.45) is 0 Å². The summed E-state index contributed by atoms with van der Waals surface area (Å²) in [5.74, 6) is -4.56. The summed E-state index contributed by atoms with van der Waals surface area (Å²) < 4.78 is 45.0. The standard InChI is InChI=1S/C19H18ClF3N2O3/c1-4-15(22)18(12(3)21)19(27)25-11(2)7-8-24-17(26)10-28-13-5-6-14(20)16(23)9-13/h4-6,9H,1-3,7-8,10H2,(H,24,26)(H,25,27)/b18-15-. The lowest BCUT2D eigenvalue weighted by Gasteiger charge is -2.11. The number of benzene rings is 1. The number of carbonyl (C=O) groups excluding carboxylic acids is 2. The van der Waals surface area contributed by atoms with Crippen LogP contribution in [0.25, 0.3) is 0 Å². The molecule has 2 N–H and O–H groups in total. The van der Waals surface area contributed by atoms with Gasteiger partial charge in [-0.3, -0.25) is 9.59 Å². The highest BCUT2D eigenvalue weighted by Crippen LogP contribution is 2.20. The van der Waals surface area contributed by atoms with E-state index in [4.69, 9.17) is 16.3 Å². The van der Waals surface area contributed by atoms with Crippen LogP contribution < -0.4 is 15.4 Å². The molecule has 28 heavy (non-hydrogen) atoms. The number of halogens is 4. The lowest BCUT2D eigenvalue weighted by atomic mass is 10.2. The molecule has 9 heteroatoms. The maximum atomic E-state index is 13.4. The van der Waals surface area contributed by atoms with E-state index in [-0.39, 0.29) is 36.0 Å². The highest BCUT2D eigenvalue weighted by Gasteiger charge is 2.18. The molecule has 0 heterocycles. The Hall–Kier alpha value is -3.00. The maximum Gasteiger partial charge on any atom is 0.261 e. The topological polar surface area (TPSA) is 67.4 Å². The fourth-order valence-corrected chi connectivity index (χ4v) is 1.99. The molecular weight excluding hydrogens is 397 g/mol. The second-order valence-electron chi connectivity index (χ2n) is 5.35. The zero-order valence-electron chi connectivity index (χ0n) is 14.8. The summed E-state index contributed by atoms with van der Waals surface area (Å²) in [7, 11) is 0. The minimum Gasteiger partial charge on any atom is -0.484 e. The third-order valence-corrected chi connectivity index (χ3v) is 3.52. The SMILES string of the molecule is C=C/C(F)=C(\C(=C)F)C(=O)NC(=C)CCNC(=O)COc1ccc(Cl)c(F)c1. The molecule has 0 aliphatic rings. The van der Waals surface area contributed by atoms with Crippen molar-refractivity contribution >= 4 is 23.4 Å². The first-order valence-corrected chi connectivity index (χ1v) is 8.24. The van der Waals surface area contributed by atoms with Crippen molar-refractivity contribution in [1.82, 2.24) is 10.6 Å². The fourth-order valence-electron chi connectivity index (χ4n) is 1.87. The van der Waals surface area contributed by atoms with E-state index >= 15 is 0 Å². The maximum absolute atomic E-state index is 13.4. The van der Waals surface area contributed by atoms with Gasteiger partial charge in [0.1, 0.15) is 28.8 Å². The largest absolute Gasteiger partial charge is 0.484 e. The van der Waals surface area contributed by atoms with E-state index < -0.39 is 34.9 Å². The number of hydrogen-bond donors (Lipinski definition) is 2. The number of carbonyl (C=O) groups is 2. The third kappa shape index (κ3) is 7.32. The van der Waals surface area contributed by atoms with E-state index in [1.807, 2.05) is 0 Å². The summed E-state index contributed by atoms with van der Waals surface area (Å²) in [6.45, 7) is 9.23. The Labute approximate surface area is 165 Å². The first kappa shape index (κ1) is 23.0. The lowest BCUT2D eigenvalue weighted by Crippen LogP contribution is -2.32. The van der Waals surface area contributed by atoms with Crippen molar-refractivity contribution in [2.45, 2.75) is 6.42 Å². The normalized spacial score (nSPS) is 11.1. The minimum atomic E-state index is -1.26. The molecule has 0 atom stereocenters. The second-order valence-corrected chi connectivity index (χ2v) is 5.76. The van der Waals surface area contributed by atoms with Crippen LogP contribution in [0.3, 0.4) is 0 Å². The van der Waals surface area contributed by atoms with Crippen LogP contribution in [-0.4, -0.2) is 25.0 Å². The van der Waals surface area contributed by atoms with Crippen LogP contribution in [0.1, 0.15) is 6.42 Å². The molecule has 0 spiro atoms. The predicted molar refractivity (Wildman–Crippen MR) is 100 cm³/mol. The van der Waals surface area contributed by atoms with Gasteiger partial charge in [0.15, 0.2) is 6.61 Å². The van der Waals surface area contributed by atoms with Crippen LogP contribution in [0.5, 0.6) is 5.75 Å². The molecule has 1 aromatic carbocycles. The molecule has 1 rings (SSSR count). The molecule has 5 nitrogen and oxygen atoms in total. The summed E-state index contributed by atoms with van der Waals surface area (Å²) in [6.07, 6.45) is 0.768. The highest BCUT2D eigenvalue weighted by molar-refractivity contribution is 6.30. The highest BCUT2D eigenvalue weighted by atomic mass is 35.5. The second kappa shape index (κ2) is 11.0. The van der Waals surface area contributed by atoms with Gasteiger partial charge in [0.05, 0.1) is 5.02 Å². The van der Waals surface area contributed by atoms with Crippen molar-refractivity contribution in [2.75, 3.05) is 13.2 Å². The minimum absolute atomic E-state index is 0.0653. The molecule has 0 saturated heterocycles. The summed E-state index contributed by atoms with van der Waals surface area (Å²) in [4.78, 5) is 23.5. The number of allylic oxidation sites excluding steroid dienone is 2. The van der Waals surface area contributed by atoms with Crippen LogP contribution in [0.15, 0.2) is 66.9 Å². The zero-order valence-corrected chi connectivity index (χ0v) is 15.5. The van der Waals surface area contributed by atoms with E-state index in [0.29, 0.717) is 6.08 Å². The van der Waals surface area contributed by atoms with E-state index in [9.17, 15) is 22.8 Å². The first-order chi connectivity index (χ1) is 13.1. The monoisotopic (exact) mass is 414 g/mol. The smallest absolute Gasteiger partial charge is 0.261 e. The first-order valence-electron chi connectivity index (χ1n) is 7.86. The summed E-state index contributed by atoms with van der Waals surface area (Å²) in [5.41, 5.74) is -0.773. The van der Waals surface area contributed by atoms with Gasteiger partial charge in [0, 0.05) is 24.7 Å². The van der Waals surface area contributed by atoms with Crippen molar-refractivity contribution in [3.8, 4) is 5.75 Å². The molecule has 0 aliphatic carbocycles. The van der Waals surface area contributed by atoms with Gasteiger partial charge >= 0.3 is 0 Å². The Bertz CT molecular complexity index is 838. The van der Waals surface area contributed by atoms with Crippen molar-refractivity contribution in [1.29, 1.82) is 0 Å². The molecule has 0 unspecified atom stereocenters. The molecule has 2 amide bonds. The quantitative estimate of drug-likeness (QED) is 0.451. The van der Waals surface area contributed by atoms with Crippen LogP contribution in [0.2, 0.25) is 5.02 Å². The number of rotatable bonds is 10. The summed E-state index contributed by atoms with van der Waals surface area (Å²) >= 11 is 5.54. The van der Waals surface area contributed by atoms with Gasteiger partial charge in [0.2, 0.25) is 0 Å². The Morgan fingerprint density at radius 3 is 2.50 bits per heavy atom. The average Bonchev–Trinajstić information content (AvgIpc) is 2.62. The molecule has 0 radical (unpaired) electrons. The molecule has 0 aromatic heterocycles. The van der Waals surface area contributed by atoms with Gasteiger partial charge in [-0.1, -0.05) is 31.3 Å². The van der Waals surface area contributed by atoms with Crippen molar-refractivity contribution in [3.63, 3.8) is 0 Å². The Kier molecular flexibility index (Phi) is 9.04. The van der Waals surface area contributed by atoms with E-state index in [2.05, 4.69) is 30.4 Å². The number of hydrogen-bond acceptors (Lipinski definition) is 3. The average molecular weight is 415 g/mol. The summed E-state index contributed by atoms with van der Waals surface area (Å²) in [6, 6.07) is 3.74. The lowest BCUT2D eigenvalue weighted by molar-refractivity contribution is -0.123. The van der Waals surface area contributed by atoms with Crippen LogP contribution >= 0.6 is 11.6 Å². The van der Waals surface area contributed by atoms with E-state index in [1.165, 1.54) is 12.1 Å². The van der Waals surface area contributed by atoms with Crippen LogP contribution in [-0.2, 0) is 9.59 Å². The van der Waals surface area contributed by atoms with Gasteiger partial charge < -0.3 is 15.4 Å². The number of amides is 2. The van der Waals surface area contributed by atoms with Crippen molar-refractivity contribution < 1.29 is 27.5 Å². The number of ether oxygens (including phenoxy) is 1. The fraction of sp³-hybridized carbons (Fsp3) is 0.158. The third-order valence-electron chi connectivity index (χ3n) is 3.22. The molecule has 0 bridgehead atoms. The van der Waals surface area contributed by atoms with Gasteiger partial charge in [-0.15, -0.1) is 0 Å². The molecule has 0 aliphatic heterocycles. The molecular formula is C19H18ClF3N2O3. The zero-order chi connectivity index (χ0) is 21.3. The Balaban J connectivity index is 2.41. The number of nitrogens with one attached hydrogen (secondary N) is 2. The Morgan fingerprint density at radius 1 is 1.25 bits per heavy atom.